The van der Waals surface area contributed by atoms with Crippen LogP contribution in [0.25, 0.3) is 0 Å². The molecule has 2 heterocycles. The van der Waals surface area contributed by atoms with Gasteiger partial charge in [-0.05, 0) is 55.3 Å². The van der Waals surface area contributed by atoms with Crippen LogP contribution in [0.3, 0.4) is 0 Å². The fourth-order valence-electron chi connectivity index (χ4n) is 3.48. The van der Waals surface area contributed by atoms with E-state index in [1.807, 2.05) is 0 Å². The summed E-state index contributed by atoms with van der Waals surface area (Å²) in [5.41, 5.74) is 0.559. The summed E-state index contributed by atoms with van der Waals surface area (Å²) in [6.07, 6.45) is 5.04. The highest BCUT2D eigenvalue weighted by atomic mass is 32.2. The van der Waals surface area contributed by atoms with Crippen LogP contribution in [0.2, 0.25) is 0 Å². The van der Waals surface area contributed by atoms with Gasteiger partial charge in [0.15, 0.2) is 0 Å². The van der Waals surface area contributed by atoms with Crippen molar-refractivity contribution >= 4 is 21.6 Å². The monoisotopic (exact) mass is 474 g/mol. The summed E-state index contributed by atoms with van der Waals surface area (Å²) in [6.45, 7) is 0.0581. The Balaban J connectivity index is 1.33. The molecule has 0 spiro atoms. The van der Waals surface area contributed by atoms with E-state index < -0.39 is 32.5 Å². The summed E-state index contributed by atoms with van der Waals surface area (Å²) in [6, 6.07) is 9.01. The number of aromatic nitrogens is 2. The Morgan fingerprint density at radius 1 is 1.06 bits per heavy atom. The molecule has 1 saturated heterocycles. The Morgan fingerprint density at radius 2 is 1.79 bits per heavy atom. The Hall–Kier alpha value is -3.44. The van der Waals surface area contributed by atoms with E-state index in [0.717, 1.165) is 16.4 Å². The highest BCUT2D eigenvalue weighted by Crippen LogP contribution is 2.27. The predicted molar refractivity (Wildman–Crippen MR) is 115 cm³/mol. The fourth-order valence-corrected chi connectivity index (χ4v) is 5.03. The maximum atomic E-state index is 14.0. The zero-order chi connectivity index (χ0) is 23.4. The third-order valence-corrected chi connectivity index (χ3v) is 7.13. The number of sulfonamides is 1. The second-order valence-corrected chi connectivity index (χ2v) is 9.32. The molecule has 11 heteroatoms. The average Bonchev–Trinajstić information content (AvgIpc) is 2.82. The summed E-state index contributed by atoms with van der Waals surface area (Å²) in [5, 5.41) is 2.80. The van der Waals surface area contributed by atoms with E-state index in [4.69, 9.17) is 4.74 Å². The van der Waals surface area contributed by atoms with Crippen LogP contribution in [0.1, 0.15) is 12.8 Å². The number of halogens is 2. The SMILES string of the molecule is O=C(Nc1ccc(Oc2cnccn2)cc1)C1CCN(S(=O)(=O)c2cc(F)ccc2F)CC1. The van der Waals surface area contributed by atoms with Crippen LogP contribution >= 0.6 is 0 Å². The van der Waals surface area contributed by atoms with Gasteiger partial charge in [-0.25, -0.2) is 22.2 Å². The highest BCUT2D eigenvalue weighted by Gasteiger charge is 2.33. The quantitative estimate of drug-likeness (QED) is 0.586. The number of hydrogen-bond donors (Lipinski definition) is 1. The Kier molecular flexibility index (Phi) is 6.61. The lowest BCUT2D eigenvalue weighted by Gasteiger charge is -2.30. The lowest BCUT2D eigenvalue weighted by molar-refractivity contribution is -0.120. The summed E-state index contributed by atoms with van der Waals surface area (Å²) in [7, 11) is -4.19. The number of piperidine rings is 1. The lowest BCUT2D eigenvalue weighted by atomic mass is 9.97. The molecule has 0 bridgehead atoms. The van der Waals surface area contributed by atoms with Gasteiger partial charge in [0.25, 0.3) is 0 Å². The van der Waals surface area contributed by atoms with E-state index in [-0.39, 0.29) is 31.8 Å². The van der Waals surface area contributed by atoms with E-state index in [9.17, 15) is 22.0 Å². The summed E-state index contributed by atoms with van der Waals surface area (Å²) < 4.78 is 59.4. The van der Waals surface area contributed by atoms with Gasteiger partial charge in [-0.3, -0.25) is 9.78 Å². The second-order valence-electron chi connectivity index (χ2n) is 7.41. The molecule has 33 heavy (non-hydrogen) atoms. The van der Waals surface area contributed by atoms with Gasteiger partial charge in [-0.2, -0.15) is 4.31 Å². The number of hydrogen-bond acceptors (Lipinski definition) is 6. The zero-order valence-corrected chi connectivity index (χ0v) is 18.1. The number of ether oxygens (including phenoxy) is 1. The molecule has 1 aliphatic heterocycles. The van der Waals surface area contributed by atoms with E-state index in [0.29, 0.717) is 23.4 Å². The van der Waals surface area contributed by atoms with Gasteiger partial charge >= 0.3 is 0 Å². The maximum absolute atomic E-state index is 14.0. The number of rotatable bonds is 6. The molecule has 0 unspecified atom stereocenters. The third kappa shape index (κ3) is 5.32. The third-order valence-electron chi connectivity index (χ3n) is 5.22. The fraction of sp³-hybridized carbons (Fsp3) is 0.227. The molecule has 0 saturated carbocycles. The van der Waals surface area contributed by atoms with Crippen LogP contribution < -0.4 is 10.1 Å². The molecular weight excluding hydrogens is 454 g/mol. The Morgan fingerprint density at radius 3 is 2.45 bits per heavy atom. The molecule has 1 amide bonds. The maximum Gasteiger partial charge on any atom is 0.246 e. The minimum absolute atomic E-state index is 0.0290. The first-order chi connectivity index (χ1) is 15.8. The van der Waals surface area contributed by atoms with Crippen molar-refractivity contribution in [2.45, 2.75) is 17.7 Å². The van der Waals surface area contributed by atoms with Gasteiger partial charge in [0, 0.05) is 37.1 Å². The van der Waals surface area contributed by atoms with Gasteiger partial charge in [0.1, 0.15) is 22.3 Å². The molecule has 0 radical (unpaired) electrons. The molecule has 1 N–H and O–H groups in total. The molecule has 3 aromatic rings. The van der Waals surface area contributed by atoms with Crippen molar-refractivity contribution in [3.63, 3.8) is 0 Å². The molecule has 172 valence electrons. The highest BCUT2D eigenvalue weighted by molar-refractivity contribution is 7.89. The first kappa shape index (κ1) is 22.7. The number of benzene rings is 2. The second kappa shape index (κ2) is 9.59. The summed E-state index contributed by atoms with van der Waals surface area (Å²) in [5.74, 6) is -1.64. The number of carbonyl (C=O) groups is 1. The molecule has 0 atom stereocenters. The van der Waals surface area contributed by atoms with Crippen molar-refractivity contribution in [1.29, 1.82) is 0 Å². The van der Waals surface area contributed by atoms with E-state index in [1.165, 1.54) is 18.6 Å². The van der Waals surface area contributed by atoms with Crippen molar-refractivity contribution in [3.05, 3.63) is 72.7 Å². The van der Waals surface area contributed by atoms with Crippen LogP contribution in [-0.2, 0) is 14.8 Å². The molecule has 4 rings (SSSR count). The van der Waals surface area contributed by atoms with Crippen molar-refractivity contribution in [3.8, 4) is 11.6 Å². The number of amides is 1. The zero-order valence-electron chi connectivity index (χ0n) is 17.3. The van der Waals surface area contributed by atoms with Gasteiger partial charge in [0.2, 0.25) is 21.8 Å². The Labute approximate surface area is 189 Å². The number of anilines is 1. The van der Waals surface area contributed by atoms with Crippen molar-refractivity contribution in [1.82, 2.24) is 14.3 Å². The number of nitrogens with one attached hydrogen (secondary N) is 1. The standard InChI is InChI=1S/C22H20F2N4O4S/c23-16-1-6-19(24)20(13-16)33(30,31)28-11-7-15(8-12-28)22(29)27-17-2-4-18(5-3-17)32-21-14-25-9-10-26-21/h1-6,9-10,13-15H,7-8,11-12H2,(H,27,29). The van der Waals surface area contributed by atoms with E-state index in [2.05, 4.69) is 15.3 Å². The molecular formula is C22H20F2N4O4S. The first-order valence-corrected chi connectivity index (χ1v) is 11.6. The number of nitrogens with zero attached hydrogens (tertiary/aromatic N) is 3. The van der Waals surface area contributed by atoms with Gasteiger partial charge in [-0.1, -0.05) is 0 Å². The minimum Gasteiger partial charge on any atom is -0.438 e. The van der Waals surface area contributed by atoms with Gasteiger partial charge in [0.05, 0.1) is 6.20 Å². The van der Waals surface area contributed by atoms with Gasteiger partial charge < -0.3 is 10.1 Å². The number of carbonyl (C=O) groups excluding carboxylic acids is 1. The van der Waals surface area contributed by atoms with Crippen LogP contribution in [0, 0.1) is 17.6 Å². The molecule has 0 aliphatic carbocycles. The van der Waals surface area contributed by atoms with Crippen molar-refractivity contribution in [2.24, 2.45) is 5.92 Å². The molecule has 1 aromatic heterocycles. The normalized spacial score (nSPS) is 15.2. The average molecular weight is 474 g/mol. The van der Waals surface area contributed by atoms with Crippen LogP contribution in [0.5, 0.6) is 11.6 Å². The van der Waals surface area contributed by atoms with E-state index in [1.54, 1.807) is 24.3 Å². The minimum atomic E-state index is -4.19. The summed E-state index contributed by atoms with van der Waals surface area (Å²) >= 11 is 0. The first-order valence-electron chi connectivity index (χ1n) is 10.1. The summed E-state index contributed by atoms with van der Waals surface area (Å²) in [4.78, 5) is 19.9. The topological polar surface area (TPSA) is 101 Å². The molecule has 8 nitrogen and oxygen atoms in total. The smallest absolute Gasteiger partial charge is 0.246 e. The molecule has 1 aliphatic rings. The van der Waals surface area contributed by atoms with Crippen molar-refractivity contribution in [2.75, 3.05) is 18.4 Å². The van der Waals surface area contributed by atoms with Crippen LogP contribution in [0.4, 0.5) is 14.5 Å². The van der Waals surface area contributed by atoms with Crippen LogP contribution in [0.15, 0.2) is 66.0 Å². The lowest BCUT2D eigenvalue weighted by Crippen LogP contribution is -2.41. The van der Waals surface area contributed by atoms with Crippen LogP contribution in [-0.4, -0.2) is 41.7 Å². The van der Waals surface area contributed by atoms with E-state index >= 15 is 0 Å². The largest absolute Gasteiger partial charge is 0.438 e. The Bertz CT molecular complexity index is 1230. The molecule has 2 aromatic carbocycles. The van der Waals surface area contributed by atoms with Gasteiger partial charge in [-0.15, -0.1) is 0 Å². The predicted octanol–water partition coefficient (Wildman–Crippen LogP) is 3.59. The molecule has 1 fully saturated rings. The van der Waals surface area contributed by atoms with Crippen molar-refractivity contribution < 1.29 is 26.7 Å².